The van der Waals surface area contributed by atoms with Crippen molar-refractivity contribution in [3.8, 4) is 11.1 Å². The number of anilines is 1. The lowest BCUT2D eigenvalue weighted by atomic mass is 9.91. The van der Waals surface area contributed by atoms with Crippen LogP contribution in [-0.4, -0.2) is 72.1 Å². The Bertz CT molecular complexity index is 1740. The first-order chi connectivity index (χ1) is 21.4. The topological polar surface area (TPSA) is 118 Å². The number of aromatic nitrogens is 1. The number of carbonyl (C=O) groups is 2. The van der Waals surface area contributed by atoms with E-state index in [4.69, 9.17) is 14.5 Å². The molecule has 0 spiro atoms. The highest BCUT2D eigenvalue weighted by Gasteiger charge is 2.36. The summed E-state index contributed by atoms with van der Waals surface area (Å²) in [6.07, 6.45) is 15.2. The number of allylic oxidation sites excluding steroid dienone is 4. The van der Waals surface area contributed by atoms with Gasteiger partial charge in [-0.25, -0.2) is 9.18 Å². The van der Waals surface area contributed by atoms with Crippen molar-refractivity contribution in [3.05, 3.63) is 95.9 Å². The Morgan fingerprint density at radius 2 is 2.14 bits per heavy atom. The molecule has 5 aliphatic rings. The van der Waals surface area contributed by atoms with E-state index >= 15 is 4.39 Å². The molecule has 3 atom stereocenters. The molecule has 0 radical (unpaired) electrons. The second kappa shape index (κ2) is 11.2. The molecule has 10 nitrogen and oxygen atoms in total. The molecule has 2 saturated heterocycles. The van der Waals surface area contributed by atoms with Crippen molar-refractivity contribution < 1.29 is 23.5 Å². The van der Waals surface area contributed by atoms with E-state index < -0.39 is 23.6 Å². The Hall–Kier alpha value is -5.03. The van der Waals surface area contributed by atoms with Gasteiger partial charge in [0.1, 0.15) is 24.0 Å². The van der Waals surface area contributed by atoms with Crippen molar-refractivity contribution in [2.75, 3.05) is 24.6 Å². The first-order valence-corrected chi connectivity index (χ1v) is 14.5. The summed E-state index contributed by atoms with van der Waals surface area (Å²) < 4.78 is 26.0. The Labute approximate surface area is 253 Å². The summed E-state index contributed by atoms with van der Waals surface area (Å²) in [5.74, 6) is -0.856. The highest BCUT2D eigenvalue weighted by Crippen LogP contribution is 2.33. The number of aliphatic imine (C=N–C) groups is 3. The minimum atomic E-state index is -0.667. The van der Waals surface area contributed by atoms with Gasteiger partial charge >= 0.3 is 12.1 Å². The van der Waals surface area contributed by atoms with E-state index in [0.717, 1.165) is 36.4 Å². The minimum Gasteiger partial charge on any atom is -0.461 e. The van der Waals surface area contributed by atoms with Crippen LogP contribution in [0.15, 0.2) is 99.4 Å². The van der Waals surface area contributed by atoms with E-state index in [0.29, 0.717) is 28.2 Å². The predicted molar refractivity (Wildman–Crippen MR) is 165 cm³/mol. The molecule has 0 saturated carbocycles. The average molecular weight is 593 g/mol. The molecule has 44 heavy (non-hydrogen) atoms. The minimum absolute atomic E-state index is 0.0483. The number of hydrogen-bond acceptors (Lipinski definition) is 9. The highest BCUT2D eigenvalue weighted by molar-refractivity contribution is 6.19. The zero-order valence-electron chi connectivity index (χ0n) is 23.9. The molecule has 0 aliphatic carbocycles. The largest absolute Gasteiger partial charge is 0.461 e. The Balaban J connectivity index is 1.02. The zero-order valence-corrected chi connectivity index (χ0v) is 23.9. The van der Waals surface area contributed by atoms with Crippen LogP contribution < -0.4 is 10.2 Å². The van der Waals surface area contributed by atoms with Gasteiger partial charge in [0.05, 0.1) is 35.0 Å². The molecular weight excluding hydrogens is 563 g/mol. The quantitative estimate of drug-likeness (QED) is 0.474. The smallest absolute Gasteiger partial charge is 0.414 e. The molecule has 11 heteroatoms. The van der Waals surface area contributed by atoms with Gasteiger partial charge in [-0.15, -0.1) is 0 Å². The number of amides is 1. The number of hydrogen-bond donors (Lipinski definition) is 1. The fraction of sp³-hybridized carbons (Fsp3) is 0.273. The molecule has 7 rings (SSSR count). The van der Waals surface area contributed by atoms with Crippen molar-refractivity contribution in [2.24, 2.45) is 15.0 Å². The van der Waals surface area contributed by atoms with Gasteiger partial charge in [0, 0.05) is 35.3 Å². The first-order valence-electron chi connectivity index (χ1n) is 14.5. The van der Waals surface area contributed by atoms with Crippen LogP contribution in [0, 0.1) is 5.82 Å². The molecule has 6 heterocycles. The monoisotopic (exact) mass is 592 g/mol. The number of halogens is 1. The van der Waals surface area contributed by atoms with Gasteiger partial charge in [-0.1, -0.05) is 6.07 Å². The van der Waals surface area contributed by atoms with Gasteiger partial charge in [0.15, 0.2) is 6.10 Å². The molecule has 1 aromatic carbocycles. The Kier molecular flexibility index (Phi) is 7.09. The number of rotatable bonds is 7. The molecule has 1 unspecified atom stereocenters. The van der Waals surface area contributed by atoms with Crippen LogP contribution in [0.1, 0.15) is 25.5 Å². The predicted octanol–water partition coefficient (Wildman–Crippen LogP) is 4.49. The summed E-state index contributed by atoms with van der Waals surface area (Å²) in [6, 6.07) is 7.84. The third kappa shape index (κ3) is 5.19. The lowest BCUT2D eigenvalue weighted by Crippen LogP contribution is -2.35. The van der Waals surface area contributed by atoms with Crippen LogP contribution in [0.5, 0.6) is 0 Å². The van der Waals surface area contributed by atoms with Gasteiger partial charge in [-0.05, 0) is 81.0 Å². The van der Waals surface area contributed by atoms with E-state index in [2.05, 4.69) is 20.3 Å². The molecule has 2 fully saturated rings. The van der Waals surface area contributed by atoms with Gasteiger partial charge in [-0.3, -0.25) is 29.7 Å². The summed E-state index contributed by atoms with van der Waals surface area (Å²) in [7, 11) is 0. The standard InChI is InChI=1S/C33H29FN6O4/c1-33(30-24(11-15-37-30)26-4-2-13-35-26)12-10-28(39-33)27-9-6-20(17-38-27)23-8-7-21(16-25(23)34)40-18-22(44-32(40)42)19-43-31(41)29-5-3-14-36-29/h2,4,6-13,15-17,22,29,36H,3,5,14,18-19H2,1H3/t22-,29+,33?/m1/s1. The number of cyclic esters (lactones) is 1. The van der Waals surface area contributed by atoms with Crippen LogP contribution in [0.4, 0.5) is 14.9 Å². The zero-order chi connectivity index (χ0) is 30.3. The Morgan fingerprint density at radius 1 is 1.23 bits per heavy atom. The number of nitrogens with one attached hydrogen (secondary N) is 1. The van der Waals surface area contributed by atoms with E-state index in [-0.39, 0.29) is 25.2 Å². The van der Waals surface area contributed by atoms with Crippen LogP contribution in [0.3, 0.4) is 0 Å². The number of esters is 1. The lowest BCUT2D eigenvalue weighted by molar-refractivity contribution is -0.148. The Morgan fingerprint density at radius 3 is 2.89 bits per heavy atom. The normalized spacial score (nSPS) is 27.0. The maximum Gasteiger partial charge on any atom is 0.414 e. The number of pyridine rings is 1. The number of nitrogens with zero attached hydrogens (tertiary/aromatic N) is 5. The summed E-state index contributed by atoms with van der Waals surface area (Å²) in [6.45, 7) is 2.88. The summed E-state index contributed by atoms with van der Waals surface area (Å²) in [5.41, 5.74) is 4.58. The SMILES string of the molecule is CC1(C2=NC=CC2=C2C=CC=N2)C=CC(c2ccc(-c3ccc(N4C[C@H](COC(=O)[C@@H]5CCCN5)OC4=O)cc3F)cn2)=N1. The summed E-state index contributed by atoms with van der Waals surface area (Å²) in [5, 5.41) is 3.08. The van der Waals surface area contributed by atoms with Crippen molar-refractivity contribution in [2.45, 2.75) is 37.5 Å². The van der Waals surface area contributed by atoms with E-state index in [1.165, 1.54) is 11.0 Å². The third-order valence-electron chi connectivity index (χ3n) is 8.16. The van der Waals surface area contributed by atoms with Gasteiger partial charge in [0.2, 0.25) is 0 Å². The second-order valence-corrected chi connectivity index (χ2v) is 11.2. The summed E-state index contributed by atoms with van der Waals surface area (Å²) >= 11 is 0. The molecular formula is C33H29FN6O4. The van der Waals surface area contributed by atoms with Crippen LogP contribution in [0.25, 0.3) is 11.1 Å². The fourth-order valence-electron chi connectivity index (χ4n) is 5.84. The molecule has 0 bridgehead atoms. The van der Waals surface area contributed by atoms with Crippen molar-refractivity contribution in [3.63, 3.8) is 0 Å². The lowest BCUT2D eigenvalue weighted by Gasteiger charge is -2.20. The third-order valence-corrected chi connectivity index (χ3v) is 8.16. The second-order valence-electron chi connectivity index (χ2n) is 11.2. The van der Waals surface area contributed by atoms with E-state index in [1.807, 2.05) is 37.3 Å². The van der Waals surface area contributed by atoms with Crippen LogP contribution in [-0.2, 0) is 14.3 Å². The fourth-order valence-corrected chi connectivity index (χ4v) is 5.84. The first kappa shape index (κ1) is 27.8. The van der Waals surface area contributed by atoms with E-state index in [1.54, 1.807) is 42.9 Å². The molecule has 1 N–H and O–H groups in total. The van der Waals surface area contributed by atoms with Crippen molar-refractivity contribution >= 4 is 35.4 Å². The van der Waals surface area contributed by atoms with Gasteiger partial charge in [-0.2, -0.15) is 0 Å². The molecule has 2 aromatic rings. The van der Waals surface area contributed by atoms with Crippen LogP contribution in [0.2, 0.25) is 0 Å². The number of carbonyl (C=O) groups excluding carboxylic acids is 2. The maximum absolute atomic E-state index is 15.3. The molecule has 1 amide bonds. The highest BCUT2D eigenvalue weighted by atomic mass is 19.1. The van der Waals surface area contributed by atoms with E-state index in [9.17, 15) is 9.59 Å². The molecule has 222 valence electrons. The maximum atomic E-state index is 15.3. The van der Waals surface area contributed by atoms with Crippen molar-refractivity contribution in [1.82, 2.24) is 10.3 Å². The molecule has 1 aromatic heterocycles. The van der Waals surface area contributed by atoms with Gasteiger partial charge < -0.3 is 14.8 Å². The van der Waals surface area contributed by atoms with Gasteiger partial charge in [0.25, 0.3) is 0 Å². The van der Waals surface area contributed by atoms with Crippen molar-refractivity contribution in [1.29, 1.82) is 0 Å². The number of ether oxygens (including phenoxy) is 2. The average Bonchev–Trinajstić information content (AvgIpc) is 3.86. The number of benzene rings is 1. The van der Waals surface area contributed by atoms with Crippen LogP contribution >= 0.6 is 0 Å². The summed E-state index contributed by atoms with van der Waals surface area (Å²) in [4.78, 5) is 44.5. The molecule has 5 aliphatic heterocycles.